The highest BCUT2D eigenvalue weighted by Crippen LogP contribution is 2.25. The molecule has 1 aromatic heterocycles. The number of methoxy groups -OCH3 is 1. The Kier molecular flexibility index (Phi) is 4.93. The van der Waals surface area contributed by atoms with Gasteiger partial charge in [-0.15, -0.1) is 0 Å². The van der Waals surface area contributed by atoms with Gasteiger partial charge in [0.15, 0.2) is 0 Å². The highest BCUT2D eigenvalue weighted by Gasteiger charge is 2.16. The summed E-state index contributed by atoms with van der Waals surface area (Å²) in [5.41, 5.74) is 1.93. The number of benzene rings is 1. The Morgan fingerprint density at radius 2 is 2.00 bits per heavy atom. The van der Waals surface area contributed by atoms with Gasteiger partial charge in [0.05, 0.1) is 25.2 Å². The number of aryl methyl sites for hydroxylation is 1. The number of amides is 1. The standard InChI is InChI=1S/C18H22N4O2/c1-12-7-8-16(24-2)14(9-12)22-18(23)15-10-20-17(11-19-15)21-13-5-3-4-6-13/h7-11,13H,3-6H2,1-2H3,(H,20,21)(H,22,23). The summed E-state index contributed by atoms with van der Waals surface area (Å²) >= 11 is 0. The van der Waals surface area contributed by atoms with Crippen LogP contribution in [0.5, 0.6) is 5.75 Å². The van der Waals surface area contributed by atoms with Crippen molar-refractivity contribution >= 4 is 17.4 Å². The predicted molar refractivity (Wildman–Crippen MR) is 93.6 cm³/mol. The Bertz CT molecular complexity index is 709. The van der Waals surface area contributed by atoms with E-state index in [4.69, 9.17) is 4.74 Å². The summed E-state index contributed by atoms with van der Waals surface area (Å²) in [5, 5.41) is 6.18. The van der Waals surface area contributed by atoms with Crippen LogP contribution in [0.1, 0.15) is 41.7 Å². The molecule has 1 aliphatic carbocycles. The Balaban J connectivity index is 1.67. The number of hydrogen-bond donors (Lipinski definition) is 2. The van der Waals surface area contributed by atoms with Gasteiger partial charge in [0, 0.05) is 6.04 Å². The smallest absolute Gasteiger partial charge is 0.275 e. The first-order chi connectivity index (χ1) is 11.7. The minimum Gasteiger partial charge on any atom is -0.495 e. The predicted octanol–water partition coefficient (Wildman–Crippen LogP) is 3.40. The maximum absolute atomic E-state index is 12.4. The van der Waals surface area contributed by atoms with Gasteiger partial charge in [0.1, 0.15) is 17.3 Å². The van der Waals surface area contributed by atoms with E-state index in [1.807, 2.05) is 25.1 Å². The van der Waals surface area contributed by atoms with E-state index in [-0.39, 0.29) is 11.6 Å². The van der Waals surface area contributed by atoms with E-state index >= 15 is 0 Å². The number of nitrogens with zero attached hydrogens (tertiary/aromatic N) is 2. The van der Waals surface area contributed by atoms with Crippen molar-refractivity contribution in [2.75, 3.05) is 17.7 Å². The lowest BCUT2D eigenvalue weighted by molar-refractivity contribution is 0.102. The number of ether oxygens (including phenoxy) is 1. The third-order valence-electron chi connectivity index (χ3n) is 4.19. The second-order valence-corrected chi connectivity index (χ2v) is 6.07. The van der Waals surface area contributed by atoms with Crippen LogP contribution in [0.15, 0.2) is 30.6 Å². The molecule has 24 heavy (non-hydrogen) atoms. The van der Waals surface area contributed by atoms with Gasteiger partial charge in [0.2, 0.25) is 0 Å². The Labute approximate surface area is 141 Å². The lowest BCUT2D eigenvalue weighted by atomic mass is 10.2. The van der Waals surface area contributed by atoms with Gasteiger partial charge < -0.3 is 15.4 Å². The van der Waals surface area contributed by atoms with Crippen LogP contribution in [-0.2, 0) is 0 Å². The maximum atomic E-state index is 12.4. The van der Waals surface area contributed by atoms with Crippen molar-refractivity contribution in [3.05, 3.63) is 41.9 Å². The van der Waals surface area contributed by atoms with Crippen molar-refractivity contribution in [1.29, 1.82) is 0 Å². The average Bonchev–Trinajstić information content (AvgIpc) is 3.09. The summed E-state index contributed by atoms with van der Waals surface area (Å²) in [5.74, 6) is 1.02. The number of rotatable bonds is 5. The molecule has 1 saturated carbocycles. The summed E-state index contributed by atoms with van der Waals surface area (Å²) in [6.07, 6.45) is 7.94. The topological polar surface area (TPSA) is 76.1 Å². The minimum absolute atomic E-state index is 0.274. The molecule has 6 heteroatoms. The fourth-order valence-electron chi connectivity index (χ4n) is 2.90. The molecule has 2 aromatic rings. The third kappa shape index (κ3) is 3.82. The number of carbonyl (C=O) groups is 1. The molecule has 0 aliphatic heterocycles. The molecule has 1 aromatic carbocycles. The summed E-state index contributed by atoms with van der Waals surface area (Å²) in [6, 6.07) is 6.08. The molecular formula is C18H22N4O2. The monoisotopic (exact) mass is 326 g/mol. The van der Waals surface area contributed by atoms with E-state index in [1.54, 1.807) is 13.3 Å². The van der Waals surface area contributed by atoms with Crippen molar-refractivity contribution in [3.63, 3.8) is 0 Å². The maximum Gasteiger partial charge on any atom is 0.275 e. The second kappa shape index (κ2) is 7.29. The molecule has 1 aliphatic rings. The van der Waals surface area contributed by atoms with Crippen molar-refractivity contribution in [1.82, 2.24) is 9.97 Å². The molecule has 1 heterocycles. The first kappa shape index (κ1) is 16.2. The molecule has 0 unspecified atom stereocenters. The number of carbonyl (C=O) groups excluding carboxylic acids is 1. The molecule has 3 rings (SSSR count). The molecule has 0 atom stereocenters. The van der Waals surface area contributed by atoms with E-state index < -0.39 is 0 Å². The number of nitrogens with one attached hydrogen (secondary N) is 2. The average molecular weight is 326 g/mol. The van der Waals surface area contributed by atoms with Crippen LogP contribution in [0.2, 0.25) is 0 Å². The lowest BCUT2D eigenvalue weighted by Crippen LogP contribution is -2.18. The normalized spacial score (nSPS) is 14.4. The molecule has 0 saturated heterocycles. The van der Waals surface area contributed by atoms with Crippen LogP contribution < -0.4 is 15.4 Å². The van der Waals surface area contributed by atoms with Crippen LogP contribution in [0.25, 0.3) is 0 Å². The van der Waals surface area contributed by atoms with Crippen LogP contribution in [0.4, 0.5) is 11.5 Å². The van der Waals surface area contributed by atoms with Crippen molar-refractivity contribution in [3.8, 4) is 5.75 Å². The summed E-state index contributed by atoms with van der Waals surface area (Å²) < 4.78 is 5.27. The van der Waals surface area contributed by atoms with Gasteiger partial charge in [-0.05, 0) is 37.5 Å². The van der Waals surface area contributed by atoms with Gasteiger partial charge in [0.25, 0.3) is 5.91 Å². The molecule has 2 N–H and O–H groups in total. The molecule has 0 radical (unpaired) electrons. The Hall–Kier alpha value is -2.63. The highest BCUT2D eigenvalue weighted by molar-refractivity contribution is 6.03. The van der Waals surface area contributed by atoms with Crippen LogP contribution in [0, 0.1) is 6.92 Å². The summed E-state index contributed by atoms with van der Waals surface area (Å²) in [4.78, 5) is 20.9. The number of aromatic nitrogens is 2. The number of anilines is 2. The van der Waals surface area contributed by atoms with Crippen LogP contribution in [0.3, 0.4) is 0 Å². The molecule has 1 amide bonds. The van der Waals surface area contributed by atoms with Gasteiger partial charge in [-0.2, -0.15) is 0 Å². The van der Waals surface area contributed by atoms with Crippen molar-refractivity contribution < 1.29 is 9.53 Å². The Morgan fingerprint density at radius 3 is 2.67 bits per heavy atom. The van der Waals surface area contributed by atoms with Gasteiger partial charge in [-0.25, -0.2) is 9.97 Å². The molecule has 6 nitrogen and oxygen atoms in total. The van der Waals surface area contributed by atoms with Gasteiger partial charge >= 0.3 is 0 Å². The summed E-state index contributed by atoms with van der Waals surface area (Å²) in [6.45, 7) is 1.96. The van der Waals surface area contributed by atoms with E-state index in [0.29, 0.717) is 23.3 Å². The third-order valence-corrected chi connectivity index (χ3v) is 4.19. The largest absolute Gasteiger partial charge is 0.495 e. The summed E-state index contributed by atoms with van der Waals surface area (Å²) in [7, 11) is 1.57. The first-order valence-corrected chi connectivity index (χ1v) is 8.20. The van der Waals surface area contributed by atoms with Crippen molar-refractivity contribution in [2.24, 2.45) is 0 Å². The molecule has 0 spiro atoms. The molecule has 1 fully saturated rings. The van der Waals surface area contributed by atoms with Crippen molar-refractivity contribution in [2.45, 2.75) is 38.6 Å². The van der Waals surface area contributed by atoms with E-state index in [9.17, 15) is 4.79 Å². The van der Waals surface area contributed by atoms with Crippen LogP contribution in [-0.4, -0.2) is 29.0 Å². The van der Waals surface area contributed by atoms with E-state index in [1.165, 1.54) is 19.0 Å². The van der Waals surface area contributed by atoms with E-state index in [0.717, 1.165) is 18.4 Å². The zero-order valence-electron chi connectivity index (χ0n) is 14.0. The second-order valence-electron chi connectivity index (χ2n) is 6.07. The lowest BCUT2D eigenvalue weighted by Gasteiger charge is -2.13. The SMILES string of the molecule is COc1ccc(C)cc1NC(=O)c1cnc(NC2CCCC2)cn1. The van der Waals surface area contributed by atoms with Gasteiger partial charge in [-0.1, -0.05) is 18.9 Å². The molecular weight excluding hydrogens is 304 g/mol. The van der Waals surface area contributed by atoms with E-state index in [2.05, 4.69) is 20.6 Å². The zero-order valence-corrected chi connectivity index (χ0v) is 14.0. The quantitative estimate of drug-likeness (QED) is 0.880. The first-order valence-electron chi connectivity index (χ1n) is 8.20. The highest BCUT2D eigenvalue weighted by atomic mass is 16.5. The Morgan fingerprint density at radius 1 is 1.21 bits per heavy atom. The van der Waals surface area contributed by atoms with Gasteiger partial charge in [-0.3, -0.25) is 4.79 Å². The van der Waals surface area contributed by atoms with Crippen LogP contribution >= 0.6 is 0 Å². The number of hydrogen-bond acceptors (Lipinski definition) is 5. The molecule has 0 bridgehead atoms. The fourth-order valence-corrected chi connectivity index (χ4v) is 2.90. The molecule has 126 valence electrons. The zero-order chi connectivity index (χ0) is 16.9. The minimum atomic E-state index is -0.307. The fraction of sp³-hybridized carbons (Fsp3) is 0.389.